The molecule has 1 fully saturated rings. The lowest BCUT2D eigenvalue weighted by molar-refractivity contribution is -0.0381. The van der Waals surface area contributed by atoms with Gasteiger partial charge in [-0.25, -0.2) is 4.72 Å². The lowest BCUT2D eigenvalue weighted by atomic mass is 9.77. The zero-order valence-corrected chi connectivity index (χ0v) is 18.2. The second-order valence-corrected chi connectivity index (χ2v) is 10.0. The maximum absolute atomic E-state index is 12.3. The fraction of sp³-hybridized carbons (Fsp3) is 0.409. The zero-order valence-electron chi connectivity index (χ0n) is 17.4. The Morgan fingerprint density at radius 1 is 1.17 bits per heavy atom. The predicted octanol–water partition coefficient (Wildman–Crippen LogP) is 3.17. The topological polar surface area (TPSA) is 87.7 Å². The minimum atomic E-state index is -3.82. The Balaban J connectivity index is 1.59. The first-order chi connectivity index (χ1) is 14.3. The van der Waals surface area contributed by atoms with E-state index in [1.807, 2.05) is 12.1 Å². The summed E-state index contributed by atoms with van der Waals surface area (Å²) >= 11 is 0. The molecule has 2 aliphatic rings. The number of nitrogens with zero attached hydrogens (tertiary/aromatic N) is 1. The maximum atomic E-state index is 12.3. The van der Waals surface area contributed by atoms with Gasteiger partial charge in [-0.3, -0.25) is 4.79 Å². The number of hydrogen-bond donors (Lipinski definition) is 2. The molecule has 0 aromatic heterocycles. The van der Waals surface area contributed by atoms with Crippen molar-refractivity contribution in [1.29, 1.82) is 0 Å². The molecule has 7 nitrogen and oxygen atoms in total. The van der Waals surface area contributed by atoms with Gasteiger partial charge in [0.25, 0.3) is 5.91 Å². The van der Waals surface area contributed by atoms with Gasteiger partial charge in [0.15, 0.2) is 0 Å². The molecule has 1 saturated heterocycles. The Morgan fingerprint density at radius 2 is 1.90 bits per heavy atom. The molecule has 0 aliphatic carbocycles. The minimum Gasteiger partial charge on any atom is -0.378 e. The molecule has 160 valence electrons. The fourth-order valence-electron chi connectivity index (χ4n) is 4.23. The van der Waals surface area contributed by atoms with Crippen LogP contribution in [0, 0.1) is 12.8 Å². The Hall–Kier alpha value is -2.42. The van der Waals surface area contributed by atoms with Gasteiger partial charge >= 0.3 is 10.2 Å². The second kappa shape index (κ2) is 8.02. The molecule has 2 aromatic rings. The molecule has 0 radical (unpaired) electrons. The Bertz CT molecular complexity index is 1050. The number of carbonyl (C=O) groups is 1. The van der Waals surface area contributed by atoms with Crippen LogP contribution >= 0.6 is 0 Å². The molecular formula is C22H27N3O4S. The Kier molecular flexibility index (Phi) is 5.57. The normalized spacial score (nSPS) is 23.3. The molecule has 0 bridgehead atoms. The molecule has 2 aromatic carbocycles. The van der Waals surface area contributed by atoms with E-state index in [0.717, 1.165) is 35.0 Å². The van der Waals surface area contributed by atoms with Crippen LogP contribution in [0.15, 0.2) is 42.5 Å². The van der Waals surface area contributed by atoms with Crippen molar-refractivity contribution in [3.63, 3.8) is 0 Å². The van der Waals surface area contributed by atoms with Crippen LogP contribution in [-0.2, 0) is 14.9 Å². The fourth-order valence-corrected chi connectivity index (χ4v) is 4.76. The molecule has 8 heteroatoms. The van der Waals surface area contributed by atoms with E-state index < -0.39 is 16.1 Å². The van der Waals surface area contributed by atoms with E-state index in [4.69, 9.17) is 4.74 Å². The number of carbonyl (C=O) groups excluding carboxylic acids is 1. The summed E-state index contributed by atoms with van der Waals surface area (Å²) in [6.07, 6.45) is 2.12. The molecule has 30 heavy (non-hydrogen) atoms. The van der Waals surface area contributed by atoms with Gasteiger partial charge in [0.05, 0.1) is 12.1 Å². The van der Waals surface area contributed by atoms with Crippen molar-refractivity contribution in [3.05, 3.63) is 64.7 Å². The van der Waals surface area contributed by atoms with E-state index in [1.54, 1.807) is 12.1 Å². The maximum Gasteiger partial charge on any atom is 0.303 e. The molecule has 2 N–H and O–H groups in total. The third-order valence-electron chi connectivity index (χ3n) is 5.86. The highest BCUT2D eigenvalue weighted by atomic mass is 32.2. The van der Waals surface area contributed by atoms with Gasteiger partial charge in [-0.2, -0.15) is 12.7 Å². The van der Waals surface area contributed by atoms with Gasteiger partial charge in [-0.15, -0.1) is 0 Å². The molecule has 1 amide bonds. The van der Waals surface area contributed by atoms with Crippen molar-refractivity contribution in [3.8, 4) is 0 Å². The number of hydrogen-bond acceptors (Lipinski definition) is 5. The lowest BCUT2D eigenvalue weighted by Crippen LogP contribution is -2.39. The number of fused-ring (bicyclic) bond motifs is 3. The molecule has 2 heterocycles. The van der Waals surface area contributed by atoms with Crippen molar-refractivity contribution in [2.75, 3.05) is 26.0 Å². The van der Waals surface area contributed by atoms with E-state index in [0.29, 0.717) is 11.5 Å². The van der Waals surface area contributed by atoms with Gasteiger partial charge < -0.3 is 10.1 Å². The number of benzene rings is 2. The molecule has 0 saturated carbocycles. The first-order valence-electron chi connectivity index (χ1n) is 10.1. The number of aryl methyl sites for hydroxylation is 1. The average molecular weight is 430 g/mol. The molecule has 0 spiro atoms. The van der Waals surface area contributed by atoms with Crippen LogP contribution in [0.2, 0.25) is 0 Å². The number of nitrogens with one attached hydrogen (secondary N) is 2. The number of amides is 1. The monoisotopic (exact) mass is 429 g/mol. The largest absolute Gasteiger partial charge is 0.378 e. The van der Waals surface area contributed by atoms with Crippen LogP contribution in [0.4, 0.5) is 5.69 Å². The van der Waals surface area contributed by atoms with Gasteiger partial charge in [0.2, 0.25) is 0 Å². The van der Waals surface area contributed by atoms with Crippen LogP contribution < -0.4 is 10.0 Å². The van der Waals surface area contributed by atoms with E-state index in [2.05, 4.69) is 35.2 Å². The summed E-state index contributed by atoms with van der Waals surface area (Å²) in [5, 5.41) is 3.66. The van der Waals surface area contributed by atoms with Crippen LogP contribution in [0.5, 0.6) is 0 Å². The summed E-state index contributed by atoms with van der Waals surface area (Å²) in [6.45, 7) is 2.85. The van der Waals surface area contributed by atoms with E-state index in [-0.39, 0.29) is 12.1 Å². The number of ether oxygens (including phenoxy) is 1. The first kappa shape index (κ1) is 20.8. The van der Waals surface area contributed by atoms with E-state index in [1.165, 1.54) is 25.2 Å². The summed E-state index contributed by atoms with van der Waals surface area (Å²) in [5.41, 5.74) is 4.85. The predicted molar refractivity (Wildman–Crippen MR) is 115 cm³/mol. The Morgan fingerprint density at radius 3 is 2.60 bits per heavy atom. The van der Waals surface area contributed by atoms with E-state index in [9.17, 15) is 13.2 Å². The first-order valence-corrected chi connectivity index (χ1v) is 11.5. The van der Waals surface area contributed by atoms with Gasteiger partial charge in [-0.05, 0) is 43.5 Å². The smallest absolute Gasteiger partial charge is 0.303 e. The zero-order chi connectivity index (χ0) is 21.5. The van der Waals surface area contributed by atoms with Crippen molar-refractivity contribution in [1.82, 2.24) is 9.03 Å². The molecule has 4 rings (SSSR count). The SMILES string of the molecule is Cc1ccc2c(c1)[C@@H]1OCCC[C@@H]1[C@@H](c1ccc(C(=O)NS(=O)(=O)N(C)C)cc1)N2. The molecular weight excluding hydrogens is 402 g/mol. The highest BCUT2D eigenvalue weighted by molar-refractivity contribution is 7.87. The molecule has 0 unspecified atom stereocenters. The third-order valence-corrected chi connectivity index (χ3v) is 7.26. The van der Waals surface area contributed by atoms with Gasteiger partial charge in [-0.1, -0.05) is 29.8 Å². The summed E-state index contributed by atoms with van der Waals surface area (Å²) in [7, 11) is -1.08. The Labute approximate surface area is 177 Å². The van der Waals surface area contributed by atoms with Crippen LogP contribution in [0.1, 0.15) is 52.0 Å². The van der Waals surface area contributed by atoms with Crippen molar-refractivity contribution in [2.45, 2.75) is 31.9 Å². The second-order valence-electron chi connectivity index (χ2n) is 8.15. The third kappa shape index (κ3) is 3.95. The summed E-state index contributed by atoms with van der Waals surface area (Å²) < 4.78 is 33.0. The molecule has 2 aliphatic heterocycles. The van der Waals surface area contributed by atoms with Crippen molar-refractivity contribution < 1.29 is 17.9 Å². The number of anilines is 1. The van der Waals surface area contributed by atoms with Crippen molar-refractivity contribution in [2.24, 2.45) is 5.92 Å². The van der Waals surface area contributed by atoms with E-state index >= 15 is 0 Å². The minimum absolute atomic E-state index is 0.0492. The summed E-state index contributed by atoms with van der Waals surface area (Å²) in [5.74, 6) is -0.353. The van der Waals surface area contributed by atoms with Crippen LogP contribution in [-0.4, -0.2) is 39.3 Å². The highest BCUT2D eigenvalue weighted by Crippen LogP contribution is 2.49. The summed E-state index contributed by atoms with van der Waals surface area (Å²) in [4.78, 5) is 12.3. The van der Waals surface area contributed by atoms with Crippen LogP contribution in [0.3, 0.4) is 0 Å². The highest BCUT2D eigenvalue weighted by Gasteiger charge is 2.39. The summed E-state index contributed by atoms with van der Waals surface area (Å²) in [6, 6.07) is 13.6. The quantitative estimate of drug-likeness (QED) is 0.780. The number of rotatable bonds is 4. The lowest BCUT2D eigenvalue weighted by Gasteiger charge is -2.43. The molecule has 3 atom stereocenters. The van der Waals surface area contributed by atoms with Crippen LogP contribution in [0.25, 0.3) is 0 Å². The van der Waals surface area contributed by atoms with Gasteiger partial charge in [0.1, 0.15) is 0 Å². The van der Waals surface area contributed by atoms with Crippen molar-refractivity contribution >= 4 is 21.8 Å². The standard InChI is InChI=1S/C22H27N3O4S/c1-14-6-11-19-18(13-14)21-17(5-4-12-29-21)20(23-19)15-7-9-16(10-8-15)22(26)24-30(27,28)25(2)3/h6-11,13,17,20-21,23H,4-5,12H2,1-3H3,(H,24,26)/t17-,20-,21-/m1/s1. The van der Waals surface area contributed by atoms with Gasteiger partial charge in [0, 0.05) is 43.4 Å². The average Bonchev–Trinajstić information content (AvgIpc) is 2.73.